The predicted molar refractivity (Wildman–Crippen MR) is 185 cm³/mol. The highest BCUT2D eigenvalue weighted by atomic mass is 32.2. The number of benzene rings is 4. The Morgan fingerprint density at radius 3 is 2.17 bits per heavy atom. The number of nitrogens with zero attached hydrogens (tertiary/aromatic N) is 2. The summed E-state index contributed by atoms with van der Waals surface area (Å²) in [5, 5.41) is 3.21. The number of hydrogen-bond donors (Lipinski definition) is 1. The zero-order chi connectivity index (χ0) is 33.4. The van der Waals surface area contributed by atoms with Crippen molar-refractivity contribution in [3.8, 4) is 5.75 Å². The van der Waals surface area contributed by atoms with Crippen molar-refractivity contribution in [2.45, 2.75) is 69.5 Å². The summed E-state index contributed by atoms with van der Waals surface area (Å²) in [6.07, 6.45) is 4.16. The second-order valence-corrected chi connectivity index (χ2v) is 14.1. The van der Waals surface area contributed by atoms with Gasteiger partial charge >= 0.3 is 0 Å². The molecule has 0 heterocycles. The highest BCUT2D eigenvalue weighted by Gasteiger charge is 2.36. The van der Waals surface area contributed by atoms with Crippen LogP contribution in [-0.2, 0) is 32.6 Å². The van der Waals surface area contributed by atoms with E-state index >= 15 is 0 Å². The SMILES string of the molecule is COc1ccccc1N(CC(=O)N(Cc1cccc(C)c1)C(Cc1ccccc1)C(=O)NC1CCCC1)S(=O)(=O)c1ccc(C)cc1. The molecule has 9 heteroatoms. The first-order valence-corrected chi connectivity index (χ1v) is 17.5. The second kappa shape index (κ2) is 15.3. The van der Waals surface area contributed by atoms with E-state index in [-0.39, 0.29) is 35.5 Å². The van der Waals surface area contributed by atoms with Gasteiger partial charge in [0.05, 0.1) is 17.7 Å². The van der Waals surface area contributed by atoms with E-state index in [2.05, 4.69) is 5.32 Å². The van der Waals surface area contributed by atoms with Gasteiger partial charge < -0.3 is 15.0 Å². The number of methoxy groups -OCH3 is 1. The molecule has 0 aliphatic heterocycles. The molecule has 0 radical (unpaired) electrons. The van der Waals surface area contributed by atoms with E-state index in [4.69, 9.17) is 4.74 Å². The Kier molecular flexibility index (Phi) is 11.0. The number of aryl methyl sites for hydroxylation is 2. The van der Waals surface area contributed by atoms with Gasteiger partial charge in [-0.2, -0.15) is 0 Å². The van der Waals surface area contributed by atoms with Crippen LogP contribution in [0.15, 0.2) is 108 Å². The smallest absolute Gasteiger partial charge is 0.264 e. The summed E-state index contributed by atoms with van der Waals surface area (Å²) in [7, 11) is -2.77. The van der Waals surface area contributed by atoms with Gasteiger partial charge in [-0.3, -0.25) is 13.9 Å². The summed E-state index contributed by atoms with van der Waals surface area (Å²) in [5.74, 6) is -0.441. The highest BCUT2D eigenvalue weighted by molar-refractivity contribution is 7.92. The van der Waals surface area contributed by atoms with Crippen LogP contribution in [0.5, 0.6) is 5.75 Å². The molecule has 4 aromatic rings. The van der Waals surface area contributed by atoms with Gasteiger partial charge in [0.1, 0.15) is 18.3 Å². The third-order valence-corrected chi connectivity index (χ3v) is 10.4. The minimum absolute atomic E-state index is 0.0451. The van der Waals surface area contributed by atoms with Crippen LogP contribution in [0.3, 0.4) is 0 Å². The number of nitrogens with one attached hydrogen (secondary N) is 1. The fourth-order valence-electron chi connectivity index (χ4n) is 6.12. The van der Waals surface area contributed by atoms with Gasteiger partial charge in [0.15, 0.2) is 0 Å². The number of hydrogen-bond acceptors (Lipinski definition) is 5. The van der Waals surface area contributed by atoms with Gasteiger partial charge in [-0.25, -0.2) is 8.42 Å². The van der Waals surface area contributed by atoms with Crippen LogP contribution >= 0.6 is 0 Å². The number of para-hydroxylation sites is 2. The molecule has 1 unspecified atom stereocenters. The van der Waals surface area contributed by atoms with Crippen molar-refractivity contribution >= 4 is 27.5 Å². The molecule has 1 fully saturated rings. The first kappa shape index (κ1) is 33.7. The lowest BCUT2D eigenvalue weighted by atomic mass is 10.0. The van der Waals surface area contributed by atoms with Gasteiger partial charge in [-0.05, 0) is 62.1 Å². The van der Waals surface area contributed by atoms with Crippen LogP contribution in [-0.4, -0.2) is 50.9 Å². The molecule has 0 spiro atoms. The minimum Gasteiger partial charge on any atom is -0.495 e. The number of carbonyl (C=O) groups is 2. The summed E-state index contributed by atoms with van der Waals surface area (Å²) in [5.41, 5.74) is 3.90. The van der Waals surface area contributed by atoms with Crippen molar-refractivity contribution in [1.82, 2.24) is 10.2 Å². The molecule has 246 valence electrons. The normalized spacial score (nSPS) is 13.9. The predicted octanol–water partition coefficient (Wildman–Crippen LogP) is 6.21. The maximum atomic E-state index is 14.7. The first-order valence-electron chi connectivity index (χ1n) is 16.1. The molecule has 5 rings (SSSR count). The van der Waals surface area contributed by atoms with Crippen LogP contribution in [0.25, 0.3) is 0 Å². The molecule has 47 heavy (non-hydrogen) atoms. The van der Waals surface area contributed by atoms with Crippen molar-refractivity contribution in [3.05, 3.63) is 125 Å². The fraction of sp³-hybridized carbons (Fsp3) is 0.316. The zero-order valence-corrected chi connectivity index (χ0v) is 28.1. The fourth-order valence-corrected chi connectivity index (χ4v) is 7.54. The Morgan fingerprint density at radius 1 is 0.830 bits per heavy atom. The van der Waals surface area contributed by atoms with Crippen molar-refractivity contribution in [2.75, 3.05) is 18.0 Å². The van der Waals surface area contributed by atoms with Crippen LogP contribution < -0.4 is 14.4 Å². The molecule has 0 saturated heterocycles. The largest absolute Gasteiger partial charge is 0.495 e. The zero-order valence-electron chi connectivity index (χ0n) is 27.3. The molecule has 2 amide bonds. The van der Waals surface area contributed by atoms with Crippen LogP contribution in [0, 0.1) is 13.8 Å². The van der Waals surface area contributed by atoms with Gasteiger partial charge in [-0.15, -0.1) is 0 Å². The van der Waals surface area contributed by atoms with Gasteiger partial charge in [0.25, 0.3) is 10.0 Å². The molecule has 8 nitrogen and oxygen atoms in total. The Hall–Kier alpha value is -4.63. The summed E-state index contributed by atoms with van der Waals surface area (Å²) in [4.78, 5) is 30.5. The molecular weight excluding hydrogens is 611 g/mol. The summed E-state index contributed by atoms with van der Waals surface area (Å²) in [6.45, 7) is 3.44. The monoisotopic (exact) mass is 653 g/mol. The first-order chi connectivity index (χ1) is 22.7. The Bertz CT molecular complexity index is 1770. The molecular formula is C38H43N3O5S. The number of amides is 2. The second-order valence-electron chi connectivity index (χ2n) is 12.2. The number of carbonyl (C=O) groups excluding carboxylic acids is 2. The van der Waals surface area contributed by atoms with E-state index in [0.717, 1.165) is 52.2 Å². The van der Waals surface area contributed by atoms with E-state index in [9.17, 15) is 18.0 Å². The number of rotatable bonds is 13. The molecule has 4 aromatic carbocycles. The van der Waals surface area contributed by atoms with Gasteiger partial charge in [-0.1, -0.05) is 103 Å². The van der Waals surface area contributed by atoms with Crippen molar-refractivity contribution in [2.24, 2.45) is 0 Å². The van der Waals surface area contributed by atoms with Crippen LogP contribution in [0.2, 0.25) is 0 Å². The van der Waals surface area contributed by atoms with E-state index in [1.54, 1.807) is 41.3 Å². The Morgan fingerprint density at radius 2 is 1.49 bits per heavy atom. The third-order valence-electron chi connectivity index (χ3n) is 8.65. The summed E-state index contributed by atoms with van der Waals surface area (Å²) in [6, 6.07) is 29.8. The topological polar surface area (TPSA) is 96.0 Å². The highest BCUT2D eigenvalue weighted by Crippen LogP contribution is 2.33. The van der Waals surface area contributed by atoms with E-state index in [1.165, 1.54) is 19.2 Å². The molecule has 1 N–H and O–H groups in total. The molecule has 1 aliphatic carbocycles. The van der Waals surface area contributed by atoms with Crippen molar-refractivity contribution in [3.63, 3.8) is 0 Å². The average molecular weight is 654 g/mol. The summed E-state index contributed by atoms with van der Waals surface area (Å²) >= 11 is 0. The molecule has 0 bridgehead atoms. The van der Waals surface area contributed by atoms with Crippen LogP contribution in [0.1, 0.15) is 47.9 Å². The Balaban J connectivity index is 1.59. The Labute approximate surface area is 278 Å². The number of sulfonamides is 1. The standard InChI is InChI=1S/C38H43N3O5S/c1-28-20-22-33(23-21-28)47(44,45)41(34-18-9-10-19-36(34)46-3)27-37(42)40(26-31-15-11-12-29(2)24-31)35(25-30-13-5-4-6-14-30)38(43)39-32-16-7-8-17-32/h4-6,9-15,18-24,32,35H,7-8,16-17,25-27H2,1-3H3,(H,39,43). The van der Waals surface area contributed by atoms with Gasteiger partial charge in [0, 0.05) is 19.0 Å². The van der Waals surface area contributed by atoms with Crippen LogP contribution in [0.4, 0.5) is 5.69 Å². The average Bonchev–Trinajstić information content (AvgIpc) is 3.59. The molecule has 0 aromatic heterocycles. The minimum atomic E-state index is -4.23. The van der Waals surface area contributed by atoms with E-state index in [0.29, 0.717) is 5.75 Å². The lowest BCUT2D eigenvalue weighted by Crippen LogP contribution is -2.54. The van der Waals surface area contributed by atoms with Crippen molar-refractivity contribution in [1.29, 1.82) is 0 Å². The molecule has 1 saturated carbocycles. The third kappa shape index (κ3) is 8.40. The summed E-state index contributed by atoms with van der Waals surface area (Å²) < 4.78 is 35.3. The lowest BCUT2D eigenvalue weighted by molar-refractivity contribution is -0.140. The number of anilines is 1. The van der Waals surface area contributed by atoms with Gasteiger partial charge in [0.2, 0.25) is 11.8 Å². The van der Waals surface area contributed by atoms with E-state index in [1.807, 2.05) is 68.4 Å². The lowest BCUT2D eigenvalue weighted by Gasteiger charge is -2.34. The van der Waals surface area contributed by atoms with Crippen molar-refractivity contribution < 1.29 is 22.7 Å². The molecule has 1 aliphatic rings. The number of ether oxygens (including phenoxy) is 1. The maximum absolute atomic E-state index is 14.7. The molecule has 1 atom stereocenters. The quantitative estimate of drug-likeness (QED) is 0.185. The van der Waals surface area contributed by atoms with E-state index < -0.39 is 28.5 Å². The maximum Gasteiger partial charge on any atom is 0.264 e.